The van der Waals surface area contributed by atoms with Crippen molar-refractivity contribution in [1.82, 2.24) is 5.32 Å². The van der Waals surface area contributed by atoms with Gasteiger partial charge in [-0.1, -0.05) is 23.9 Å². The summed E-state index contributed by atoms with van der Waals surface area (Å²) in [7, 11) is 1.27. The molecule has 0 spiro atoms. The number of carboxylic acids is 1. The second-order valence-electron chi connectivity index (χ2n) is 5.96. The van der Waals surface area contributed by atoms with Crippen molar-refractivity contribution in [1.29, 1.82) is 0 Å². The van der Waals surface area contributed by atoms with Crippen LogP contribution < -0.4 is 10.1 Å². The number of benzene rings is 1. The molecule has 0 bridgehead atoms. The minimum absolute atomic E-state index is 0.0959. The van der Waals surface area contributed by atoms with Crippen molar-refractivity contribution < 1.29 is 33.4 Å². The third kappa shape index (κ3) is 5.70. The fraction of sp³-hybridized carbons (Fsp3) is 0.211. The number of nitrogens with one attached hydrogen (secondary N) is 1. The summed E-state index contributed by atoms with van der Waals surface area (Å²) >= 11 is 1.02. The third-order valence-corrected chi connectivity index (χ3v) is 4.85. The van der Waals surface area contributed by atoms with Gasteiger partial charge >= 0.3 is 11.9 Å². The number of ether oxygens (including phenoxy) is 2. The van der Waals surface area contributed by atoms with Crippen LogP contribution in [0.3, 0.4) is 0 Å². The molecule has 10 nitrogen and oxygen atoms in total. The first-order valence-electron chi connectivity index (χ1n) is 8.65. The fourth-order valence-electron chi connectivity index (χ4n) is 2.40. The number of thioether (sulfide) groups is 1. The van der Waals surface area contributed by atoms with Crippen LogP contribution in [0.15, 0.2) is 51.0 Å². The molecule has 2 heterocycles. The zero-order valence-corrected chi connectivity index (χ0v) is 16.5. The van der Waals surface area contributed by atoms with Gasteiger partial charge in [0.05, 0.1) is 19.7 Å². The number of furan rings is 1. The van der Waals surface area contributed by atoms with Crippen molar-refractivity contribution in [2.45, 2.75) is 18.3 Å². The van der Waals surface area contributed by atoms with Gasteiger partial charge in [0, 0.05) is 0 Å². The summed E-state index contributed by atoms with van der Waals surface area (Å²) in [4.78, 5) is 33.8. The van der Waals surface area contributed by atoms with E-state index in [2.05, 4.69) is 20.3 Å². The van der Waals surface area contributed by atoms with Crippen molar-refractivity contribution in [3.63, 3.8) is 0 Å². The fourth-order valence-corrected chi connectivity index (χ4v) is 3.31. The number of amidine groups is 1. The minimum atomic E-state index is -1.06. The number of hydrogen-bond donors (Lipinski definition) is 2. The van der Waals surface area contributed by atoms with E-state index >= 15 is 0 Å². The summed E-state index contributed by atoms with van der Waals surface area (Å²) in [6.45, 7) is 0.119. The number of methoxy groups -OCH3 is 1. The Morgan fingerprint density at radius 1 is 1.33 bits per heavy atom. The molecular formula is C19H17N3O7S. The molecule has 0 aliphatic carbocycles. The van der Waals surface area contributed by atoms with Crippen molar-refractivity contribution >= 4 is 41.0 Å². The molecule has 1 saturated heterocycles. The summed E-state index contributed by atoms with van der Waals surface area (Å²) in [5, 5.41) is 18.6. The molecule has 0 radical (unpaired) electrons. The molecule has 0 saturated carbocycles. The van der Waals surface area contributed by atoms with Gasteiger partial charge in [-0.05, 0) is 29.8 Å². The van der Waals surface area contributed by atoms with Gasteiger partial charge in [0.2, 0.25) is 11.7 Å². The smallest absolute Gasteiger partial charge is 0.373 e. The molecule has 1 aliphatic rings. The van der Waals surface area contributed by atoms with Gasteiger partial charge in [0.25, 0.3) is 0 Å². The Hall–Kier alpha value is -3.60. The van der Waals surface area contributed by atoms with Crippen LogP contribution in [0.25, 0.3) is 0 Å². The van der Waals surface area contributed by atoms with Crippen LogP contribution >= 0.6 is 11.8 Å². The van der Waals surface area contributed by atoms with Gasteiger partial charge in [-0.2, -0.15) is 5.10 Å². The van der Waals surface area contributed by atoms with Crippen LogP contribution in [0.2, 0.25) is 0 Å². The second-order valence-corrected chi connectivity index (χ2v) is 7.15. The maximum Gasteiger partial charge on any atom is 0.373 e. The number of aliphatic carboxylic acids is 1. The normalized spacial score (nSPS) is 17.3. The van der Waals surface area contributed by atoms with Crippen LogP contribution in [0.5, 0.6) is 5.75 Å². The average Bonchev–Trinajstić information content (AvgIpc) is 3.33. The lowest BCUT2D eigenvalue weighted by atomic mass is 10.2. The predicted molar refractivity (Wildman–Crippen MR) is 108 cm³/mol. The molecule has 11 heteroatoms. The first-order valence-corrected chi connectivity index (χ1v) is 9.53. The Kier molecular flexibility index (Phi) is 6.86. The van der Waals surface area contributed by atoms with E-state index < -0.39 is 23.1 Å². The standard InChI is InChI=1S/C19H17N3O7S/c1-27-18(26)14-6-5-13(29-14)10-28-12-4-2-3-11(7-12)9-20-22-19-21-17(25)15(30-19)8-16(23)24/h2-7,9,15H,8,10H2,1H3,(H,23,24)(H,21,22,25). The van der Waals surface area contributed by atoms with Gasteiger partial charge in [0.15, 0.2) is 5.17 Å². The Balaban J connectivity index is 1.56. The topological polar surface area (TPSA) is 140 Å². The van der Waals surface area contributed by atoms with Gasteiger partial charge in [0.1, 0.15) is 23.4 Å². The Labute approximate surface area is 175 Å². The molecule has 1 aromatic carbocycles. The molecule has 156 valence electrons. The number of carbonyl (C=O) groups excluding carboxylic acids is 2. The monoisotopic (exact) mass is 431 g/mol. The lowest BCUT2D eigenvalue weighted by Gasteiger charge is -2.04. The third-order valence-electron chi connectivity index (χ3n) is 3.78. The predicted octanol–water partition coefficient (Wildman–Crippen LogP) is 2.04. The van der Waals surface area contributed by atoms with Crippen LogP contribution in [-0.4, -0.2) is 46.7 Å². The van der Waals surface area contributed by atoms with E-state index in [0.29, 0.717) is 17.1 Å². The summed E-state index contributed by atoms with van der Waals surface area (Å²) in [5.74, 6) is -0.913. The maximum atomic E-state index is 11.7. The van der Waals surface area contributed by atoms with Gasteiger partial charge < -0.3 is 24.3 Å². The molecule has 1 aliphatic heterocycles. The van der Waals surface area contributed by atoms with Crippen LogP contribution in [0.1, 0.15) is 28.3 Å². The molecular weight excluding hydrogens is 414 g/mol. The molecule has 2 aromatic rings. The second kappa shape index (κ2) is 9.74. The highest BCUT2D eigenvalue weighted by atomic mass is 32.2. The highest BCUT2D eigenvalue weighted by Gasteiger charge is 2.32. The van der Waals surface area contributed by atoms with Crippen molar-refractivity contribution in [2.24, 2.45) is 10.2 Å². The Morgan fingerprint density at radius 2 is 2.17 bits per heavy atom. The van der Waals surface area contributed by atoms with Crippen molar-refractivity contribution in [3.05, 3.63) is 53.5 Å². The maximum absolute atomic E-state index is 11.7. The van der Waals surface area contributed by atoms with Crippen molar-refractivity contribution in [3.8, 4) is 5.75 Å². The quantitative estimate of drug-likeness (QED) is 0.368. The van der Waals surface area contributed by atoms with Crippen molar-refractivity contribution in [2.75, 3.05) is 7.11 Å². The SMILES string of the molecule is COC(=O)c1ccc(COc2cccc(C=NN=C3NC(=O)C(CC(=O)O)S3)c2)o1. The number of carbonyl (C=O) groups is 3. The van der Waals surface area contributed by atoms with Crippen LogP contribution in [-0.2, 0) is 20.9 Å². The number of amides is 1. The van der Waals surface area contributed by atoms with Gasteiger partial charge in [-0.25, -0.2) is 4.79 Å². The lowest BCUT2D eigenvalue weighted by Crippen LogP contribution is -2.26. The number of carboxylic acid groups (broad SMARTS) is 1. The van der Waals surface area contributed by atoms with E-state index in [1.165, 1.54) is 19.4 Å². The zero-order valence-electron chi connectivity index (χ0n) is 15.7. The summed E-state index contributed by atoms with van der Waals surface area (Å²) in [5.41, 5.74) is 0.697. The van der Waals surface area contributed by atoms with E-state index in [1.54, 1.807) is 30.3 Å². The average molecular weight is 431 g/mol. The number of nitrogens with zero attached hydrogens (tertiary/aromatic N) is 2. The summed E-state index contributed by atoms with van der Waals surface area (Å²) in [6, 6.07) is 10.2. The number of esters is 1. The van der Waals surface area contributed by atoms with Crippen LogP contribution in [0, 0.1) is 0 Å². The number of hydrogen-bond acceptors (Lipinski definition) is 9. The Bertz CT molecular complexity index is 1020. The first kappa shape index (κ1) is 21.1. The molecule has 30 heavy (non-hydrogen) atoms. The minimum Gasteiger partial charge on any atom is -0.486 e. The largest absolute Gasteiger partial charge is 0.486 e. The molecule has 3 rings (SSSR count). The highest BCUT2D eigenvalue weighted by molar-refractivity contribution is 8.15. The van der Waals surface area contributed by atoms with E-state index in [-0.39, 0.29) is 24.0 Å². The molecule has 1 fully saturated rings. The van der Waals surface area contributed by atoms with Crippen LogP contribution in [0.4, 0.5) is 0 Å². The summed E-state index contributed by atoms with van der Waals surface area (Å²) in [6.07, 6.45) is 1.19. The van der Waals surface area contributed by atoms with E-state index in [4.69, 9.17) is 14.3 Å². The highest BCUT2D eigenvalue weighted by Crippen LogP contribution is 2.22. The molecule has 1 amide bonds. The van der Waals surface area contributed by atoms with E-state index in [9.17, 15) is 14.4 Å². The molecule has 2 N–H and O–H groups in total. The lowest BCUT2D eigenvalue weighted by molar-refractivity contribution is -0.138. The molecule has 1 unspecified atom stereocenters. The Morgan fingerprint density at radius 3 is 2.93 bits per heavy atom. The van der Waals surface area contributed by atoms with E-state index in [1.807, 2.05) is 0 Å². The zero-order chi connectivity index (χ0) is 21.5. The number of rotatable bonds is 8. The first-order chi connectivity index (χ1) is 14.4. The van der Waals surface area contributed by atoms with Gasteiger partial charge in [-0.3, -0.25) is 9.59 Å². The van der Waals surface area contributed by atoms with Gasteiger partial charge in [-0.15, -0.1) is 5.10 Å². The summed E-state index contributed by atoms with van der Waals surface area (Å²) < 4.78 is 15.6. The van der Waals surface area contributed by atoms with E-state index in [0.717, 1.165) is 11.8 Å². The molecule has 1 atom stereocenters. The molecule has 1 aromatic heterocycles.